The number of nitrogens with zero attached hydrogens (tertiary/aromatic N) is 2. The van der Waals surface area contributed by atoms with Crippen LogP contribution >= 0.6 is 0 Å². The molecule has 0 aliphatic heterocycles. The number of nitrogens with one attached hydrogen (secondary N) is 1. The monoisotopic (exact) mass is 193 g/mol. The maximum absolute atomic E-state index is 4.31. The molecule has 3 nitrogen and oxygen atoms in total. The summed E-state index contributed by atoms with van der Waals surface area (Å²) >= 11 is 0. The molecule has 3 heteroatoms. The third-order valence-electron chi connectivity index (χ3n) is 2.76. The first-order valence-corrected chi connectivity index (χ1v) is 5.54. The molecule has 1 N–H and O–H groups in total. The van der Waals surface area contributed by atoms with Crippen LogP contribution in [0.2, 0.25) is 0 Å². The second-order valence-corrected chi connectivity index (χ2v) is 4.41. The van der Waals surface area contributed by atoms with Gasteiger partial charge in [0.15, 0.2) is 0 Å². The van der Waals surface area contributed by atoms with Gasteiger partial charge in [-0.15, -0.1) is 0 Å². The molecule has 0 saturated heterocycles. The fraction of sp³-hybridized carbons (Fsp3) is 0.727. The Morgan fingerprint density at radius 2 is 2.36 bits per heavy atom. The van der Waals surface area contributed by atoms with Gasteiger partial charge in [-0.05, 0) is 26.2 Å². The van der Waals surface area contributed by atoms with E-state index in [1.54, 1.807) is 0 Å². The SMILES string of the molecule is CC(C)n1ccnc1NCCC1CC1. The zero-order chi connectivity index (χ0) is 9.97. The summed E-state index contributed by atoms with van der Waals surface area (Å²) in [5.41, 5.74) is 0. The molecule has 1 saturated carbocycles. The molecule has 1 aromatic rings. The Morgan fingerprint density at radius 3 is 3.00 bits per heavy atom. The number of aromatic nitrogens is 2. The van der Waals surface area contributed by atoms with Crippen molar-refractivity contribution in [1.82, 2.24) is 9.55 Å². The van der Waals surface area contributed by atoms with Crippen LogP contribution in [0.3, 0.4) is 0 Å². The molecule has 0 bridgehead atoms. The minimum absolute atomic E-state index is 0.487. The predicted molar refractivity (Wildman–Crippen MR) is 58.4 cm³/mol. The highest BCUT2D eigenvalue weighted by Crippen LogP contribution is 2.32. The van der Waals surface area contributed by atoms with Gasteiger partial charge in [0, 0.05) is 25.0 Å². The quantitative estimate of drug-likeness (QED) is 0.779. The maximum Gasteiger partial charge on any atom is 0.203 e. The van der Waals surface area contributed by atoms with Gasteiger partial charge in [-0.2, -0.15) is 0 Å². The summed E-state index contributed by atoms with van der Waals surface area (Å²) in [6.07, 6.45) is 8.05. The highest BCUT2D eigenvalue weighted by Gasteiger charge is 2.20. The Hall–Kier alpha value is -0.990. The summed E-state index contributed by atoms with van der Waals surface area (Å²) in [4.78, 5) is 4.31. The van der Waals surface area contributed by atoms with E-state index in [9.17, 15) is 0 Å². The topological polar surface area (TPSA) is 29.9 Å². The van der Waals surface area contributed by atoms with Crippen LogP contribution in [0.25, 0.3) is 0 Å². The fourth-order valence-electron chi connectivity index (χ4n) is 1.66. The van der Waals surface area contributed by atoms with Crippen LogP contribution in [0.1, 0.15) is 39.2 Å². The van der Waals surface area contributed by atoms with Gasteiger partial charge in [0.2, 0.25) is 5.95 Å². The first-order valence-electron chi connectivity index (χ1n) is 5.54. The standard InChI is InChI=1S/C11H19N3/c1-9(2)14-8-7-13-11(14)12-6-5-10-3-4-10/h7-10H,3-6H2,1-2H3,(H,12,13). The molecular weight excluding hydrogens is 174 g/mol. The highest BCUT2D eigenvalue weighted by molar-refractivity contribution is 5.26. The molecule has 78 valence electrons. The minimum atomic E-state index is 0.487. The summed E-state index contributed by atoms with van der Waals surface area (Å²) in [7, 11) is 0. The predicted octanol–water partition coefficient (Wildman–Crippen LogP) is 2.68. The Bertz CT molecular complexity index is 286. The van der Waals surface area contributed by atoms with E-state index in [0.29, 0.717) is 6.04 Å². The molecule has 14 heavy (non-hydrogen) atoms. The van der Waals surface area contributed by atoms with Crippen molar-refractivity contribution in [2.45, 2.75) is 39.2 Å². The average Bonchev–Trinajstić information content (AvgIpc) is 2.82. The van der Waals surface area contributed by atoms with Crippen molar-refractivity contribution >= 4 is 5.95 Å². The molecule has 0 spiro atoms. The van der Waals surface area contributed by atoms with E-state index in [0.717, 1.165) is 18.4 Å². The van der Waals surface area contributed by atoms with E-state index in [-0.39, 0.29) is 0 Å². The Balaban J connectivity index is 1.84. The molecule has 1 fully saturated rings. The maximum atomic E-state index is 4.31. The highest BCUT2D eigenvalue weighted by atomic mass is 15.2. The van der Waals surface area contributed by atoms with Crippen LogP contribution in [-0.4, -0.2) is 16.1 Å². The summed E-state index contributed by atoms with van der Waals surface area (Å²) in [5.74, 6) is 2.01. The summed E-state index contributed by atoms with van der Waals surface area (Å²) in [6, 6.07) is 0.487. The van der Waals surface area contributed by atoms with Gasteiger partial charge in [-0.3, -0.25) is 0 Å². The molecule has 0 aromatic carbocycles. The van der Waals surface area contributed by atoms with Crippen LogP contribution < -0.4 is 5.32 Å². The van der Waals surface area contributed by atoms with Gasteiger partial charge in [0.25, 0.3) is 0 Å². The van der Waals surface area contributed by atoms with E-state index in [1.165, 1.54) is 19.3 Å². The van der Waals surface area contributed by atoms with Gasteiger partial charge < -0.3 is 9.88 Å². The van der Waals surface area contributed by atoms with E-state index >= 15 is 0 Å². The Morgan fingerprint density at radius 1 is 1.57 bits per heavy atom. The van der Waals surface area contributed by atoms with Crippen LogP contribution in [-0.2, 0) is 0 Å². The number of hydrogen-bond acceptors (Lipinski definition) is 2. The van der Waals surface area contributed by atoms with Gasteiger partial charge >= 0.3 is 0 Å². The van der Waals surface area contributed by atoms with E-state index in [1.807, 2.05) is 12.4 Å². The van der Waals surface area contributed by atoms with Gasteiger partial charge in [-0.25, -0.2) is 4.98 Å². The molecule has 1 aliphatic rings. The first kappa shape index (κ1) is 9.56. The summed E-state index contributed by atoms with van der Waals surface area (Å²) in [6.45, 7) is 5.41. The van der Waals surface area contributed by atoms with Crippen molar-refractivity contribution in [2.75, 3.05) is 11.9 Å². The zero-order valence-electron chi connectivity index (χ0n) is 9.03. The third kappa shape index (κ3) is 2.28. The third-order valence-corrected chi connectivity index (χ3v) is 2.76. The lowest BCUT2D eigenvalue weighted by molar-refractivity contribution is 0.602. The van der Waals surface area contributed by atoms with Crippen molar-refractivity contribution in [1.29, 1.82) is 0 Å². The number of hydrogen-bond donors (Lipinski definition) is 1. The molecule has 1 aromatic heterocycles. The number of imidazole rings is 1. The summed E-state index contributed by atoms with van der Waals surface area (Å²) < 4.78 is 2.17. The lowest BCUT2D eigenvalue weighted by atomic mass is 10.3. The van der Waals surface area contributed by atoms with Crippen LogP contribution in [0, 0.1) is 5.92 Å². The van der Waals surface area contributed by atoms with Gasteiger partial charge in [0.05, 0.1) is 0 Å². The van der Waals surface area contributed by atoms with Crippen LogP contribution in [0.5, 0.6) is 0 Å². The smallest absolute Gasteiger partial charge is 0.203 e. The molecule has 2 rings (SSSR count). The van der Waals surface area contributed by atoms with Crippen molar-refractivity contribution in [3.05, 3.63) is 12.4 Å². The van der Waals surface area contributed by atoms with Crippen molar-refractivity contribution in [3.8, 4) is 0 Å². The van der Waals surface area contributed by atoms with Crippen molar-refractivity contribution < 1.29 is 0 Å². The fourth-order valence-corrected chi connectivity index (χ4v) is 1.66. The largest absolute Gasteiger partial charge is 0.356 e. The van der Waals surface area contributed by atoms with Gasteiger partial charge in [-0.1, -0.05) is 12.8 Å². The minimum Gasteiger partial charge on any atom is -0.356 e. The Labute approximate surface area is 85.5 Å². The van der Waals surface area contributed by atoms with Gasteiger partial charge in [0.1, 0.15) is 0 Å². The molecule has 0 radical (unpaired) electrons. The van der Waals surface area contributed by atoms with E-state index in [4.69, 9.17) is 0 Å². The summed E-state index contributed by atoms with van der Waals surface area (Å²) in [5, 5.41) is 3.40. The van der Waals surface area contributed by atoms with E-state index in [2.05, 4.69) is 28.7 Å². The van der Waals surface area contributed by atoms with Crippen molar-refractivity contribution in [3.63, 3.8) is 0 Å². The molecule has 0 atom stereocenters. The molecule has 1 heterocycles. The molecule has 0 amide bonds. The average molecular weight is 193 g/mol. The van der Waals surface area contributed by atoms with Crippen LogP contribution in [0.15, 0.2) is 12.4 Å². The molecule has 0 unspecified atom stereocenters. The van der Waals surface area contributed by atoms with E-state index < -0.39 is 0 Å². The molecular formula is C11H19N3. The number of rotatable bonds is 5. The normalized spacial score (nSPS) is 16.2. The lowest BCUT2D eigenvalue weighted by Crippen LogP contribution is -2.10. The van der Waals surface area contributed by atoms with Crippen molar-refractivity contribution in [2.24, 2.45) is 5.92 Å². The zero-order valence-corrected chi connectivity index (χ0v) is 9.03. The molecule has 1 aliphatic carbocycles. The number of anilines is 1. The first-order chi connectivity index (χ1) is 6.77. The second-order valence-electron chi connectivity index (χ2n) is 4.41. The second kappa shape index (κ2) is 4.03. The lowest BCUT2D eigenvalue weighted by Gasteiger charge is -2.12. The van der Waals surface area contributed by atoms with Crippen LogP contribution in [0.4, 0.5) is 5.95 Å². The Kier molecular flexibility index (Phi) is 2.75.